The molecule has 0 unspecified atom stereocenters. The molecule has 0 aliphatic heterocycles. The van der Waals surface area contributed by atoms with E-state index in [2.05, 4.69) is 42.2 Å². The lowest BCUT2D eigenvalue weighted by Gasteiger charge is -2.11. The van der Waals surface area contributed by atoms with Gasteiger partial charge in [-0.15, -0.1) is 0 Å². The number of fused-ring (bicyclic) bond motifs is 1. The maximum absolute atomic E-state index is 12.3. The van der Waals surface area contributed by atoms with Crippen LogP contribution in [-0.2, 0) is 11.3 Å². The van der Waals surface area contributed by atoms with Crippen molar-refractivity contribution in [2.45, 2.75) is 6.54 Å². The van der Waals surface area contributed by atoms with Gasteiger partial charge in [0.25, 0.3) is 5.56 Å². The van der Waals surface area contributed by atoms with Gasteiger partial charge >= 0.3 is 0 Å². The summed E-state index contributed by atoms with van der Waals surface area (Å²) in [7, 11) is 0. The van der Waals surface area contributed by atoms with Crippen LogP contribution in [-0.4, -0.2) is 15.5 Å². The van der Waals surface area contributed by atoms with Crippen molar-refractivity contribution in [3.8, 4) is 0 Å². The molecule has 0 saturated carbocycles. The Hall–Kier alpha value is -1.99. The van der Waals surface area contributed by atoms with Crippen molar-refractivity contribution in [2.75, 3.05) is 5.32 Å². The number of nitrogens with zero attached hydrogens (tertiary/aromatic N) is 2. The lowest BCUT2D eigenvalue weighted by Crippen LogP contribution is -2.28. The van der Waals surface area contributed by atoms with E-state index in [0.717, 1.165) is 8.95 Å². The summed E-state index contributed by atoms with van der Waals surface area (Å²) in [5.41, 5.74) is 1.63. The molecule has 1 aromatic heterocycles. The second kappa shape index (κ2) is 6.64. The van der Waals surface area contributed by atoms with Gasteiger partial charge < -0.3 is 5.32 Å². The van der Waals surface area contributed by atoms with Crippen LogP contribution in [0.1, 0.15) is 0 Å². The van der Waals surface area contributed by atoms with Gasteiger partial charge in [0, 0.05) is 8.95 Å². The number of benzene rings is 2. The van der Waals surface area contributed by atoms with Gasteiger partial charge in [-0.1, -0.05) is 28.1 Å². The molecule has 0 atom stereocenters. The van der Waals surface area contributed by atoms with Crippen LogP contribution in [0.5, 0.6) is 0 Å². The summed E-state index contributed by atoms with van der Waals surface area (Å²) in [4.78, 5) is 28.4. The minimum absolute atomic E-state index is 0.0790. The lowest BCUT2D eigenvalue weighted by atomic mass is 10.3. The monoisotopic (exact) mass is 435 g/mol. The highest BCUT2D eigenvalue weighted by Crippen LogP contribution is 2.26. The number of anilines is 1. The summed E-state index contributed by atoms with van der Waals surface area (Å²) < 4.78 is 3.07. The normalized spacial score (nSPS) is 10.7. The first-order valence-electron chi connectivity index (χ1n) is 6.74. The SMILES string of the molecule is O=C(Cn1c(=O)cnc2ccccc21)Nc1ccc(Br)cc1Br. The van der Waals surface area contributed by atoms with E-state index < -0.39 is 0 Å². The van der Waals surface area contributed by atoms with Gasteiger partial charge in [0.15, 0.2) is 0 Å². The van der Waals surface area contributed by atoms with Gasteiger partial charge in [0.1, 0.15) is 6.54 Å². The number of hydrogen-bond donors (Lipinski definition) is 1. The minimum atomic E-state index is -0.311. The lowest BCUT2D eigenvalue weighted by molar-refractivity contribution is -0.116. The zero-order valence-electron chi connectivity index (χ0n) is 11.8. The number of nitrogens with one attached hydrogen (secondary N) is 1. The molecule has 1 heterocycles. The molecular formula is C16H11Br2N3O2. The van der Waals surface area contributed by atoms with Crippen LogP contribution in [0.2, 0.25) is 0 Å². The fraction of sp³-hybridized carbons (Fsp3) is 0.0625. The predicted molar refractivity (Wildman–Crippen MR) is 96.5 cm³/mol. The Morgan fingerprint density at radius 3 is 2.74 bits per heavy atom. The van der Waals surface area contributed by atoms with E-state index in [-0.39, 0.29) is 18.0 Å². The molecular weight excluding hydrogens is 426 g/mol. The summed E-state index contributed by atoms with van der Waals surface area (Å²) in [6.07, 6.45) is 1.23. The highest BCUT2D eigenvalue weighted by Gasteiger charge is 2.10. The largest absolute Gasteiger partial charge is 0.324 e. The third-order valence-electron chi connectivity index (χ3n) is 3.26. The minimum Gasteiger partial charge on any atom is -0.324 e. The van der Waals surface area contributed by atoms with E-state index in [1.165, 1.54) is 10.8 Å². The van der Waals surface area contributed by atoms with E-state index in [1.54, 1.807) is 18.2 Å². The Kier molecular flexibility index (Phi) is 4.58. The first-order chi connectivity index (χ1) is 11.0. The molecule has 1 amide bonds. The van der Waals surface area contributed by atoms with Gasteiger partial charge in [-0.3, -0.25) is 14.2 Å². The van der Waals surface area contributed by atoms with Crippen molar-refractivity contribution in [3.63, 3.8) is 0 Å². The Bertz CT molecular complexity index is 953. The van der Waals surface area contributed by atoms with Crippen LogP contribution in [0.15, 0.2) is 62.4 Å². The summed E-state index contributed by atoms with van der Waals surface area (Å²) in [5, 5.41) is 2.79. The maximum atomic E-state index is 12.3. The maximum Gasteiger partial charge on any atom is 0.269 e. The van der Waals surface area contributed by atoms with E-state index in [9.17, 15) is 9.59 Å². The number of amides is 1. The van der Waals surface area contributed by atoms with Crippen molar-refractivity contribution < 1.29 is 4.79 Å². The van der Waals surface area contributed by atoms with Crippen molar-refractivity contribution >= 4 is 54.5 Å². The molecule has 23 heavy (non-hydrogen) atoms. The predicted octanol–water partition coefficient (Wildman–Crippen LogP) is 3.56. The van der Waals surface area contributed by atoms with Gasteiger partial charge in [0.05, 0.1) is 22.9 Å². The van der Waals surface area contributed by atoms with Crippen molar-refractivity contribution in [1.82, 2.24) is 9.55 Å². The first kappa shape index (κ1) is 15.9. The van der Waals surface area contributed by atoms with Crippen molar-refractivity contribution in [3.05, 3.63) is 68.0 Å². The molecule has 0 aliphatic carbocycles. The zero-order chi connectivity index (χ0) is 16.4. The van der Waals surface area contributed by atoms with Crippen molar-refractivity contribution in [1.29, 1.82) is 0 Å². The van der Waals surface area contributed by atoms with E-state index in [1.807, 2.05) is 24.3 Å². The van der Waals surface area contributed by atoms with Gasteiger partial charge in [-0.05, 0) is 46.3 Å². The second-order valence-corrected chi connectivity index (χ2v) is 6.61. The summed E-state index contributed by atoms with van der Waals surface area (Å²) in [5.74, 6) is -0.286. The fourth-order valence-corrected chi connectivity index (χ4v) is 3.35. The number of aromatic nitrogens is 2. The number of para-hydroxylation sites is 2. The molecule has 0 saturated heterocycles. The highest BCUT2D eigenvalue weighted by atomic mass is 79.9. The van der Waals surface area contributed by atoms with Gasteiger partial charge in [0.2, 0.25) is 5.91 Å². The second-order valence-electron chi connectivity index (χ2n) is 4.84. The third-order valence-corrected chi connectivity index (χ3v) is 4.41. The Labute approximate surface area is 148 Å². The summed E-state index contributed by atoms with van der Waals surface area (Å²) in [6.45, 7) is -0.0790. The first-order valence-corrected chi connectivity index (χ1v) is 8.33. The van der Waals surface area contributed by atoms with E-state index in [4.69, 9.17) is 0 Å². The van der Waals surface area contributed by atoms with E-state index >= 15 is 0 Å². The molecule has 2 aromatic carbocycles. The number of hydrogen-bond acceptors (Lipinski definition) is 3. The smallest absolute Gasteiger partial charge is 0.269 e. The molecule has 0 spiro atoms. The summed E-state index contributed by atoms with van der Waals surface area (Å²) in [6, 6.07) is 12.7. The fourth-order valence-electron chi connectivity index (χ4n) is 2.20. The zero-order valence-corrected chi connectivity index (χ0v) is 15.0. The molecule has 0 aliphatic rings. The molecule has 0 radical (unpaired) electrons. The average molecular weight is 437 g/mol. The van der Waals surface area contributed by atoms with E-state index in [0.29, 0.717) is 16.7 Å². The molecule has 0 bridgehead atoms. The standard InChI is InChI=1S/C16H11Br2N3O2/c17-10-5-6-12(11(18)7-10)20-15(22)9-21-14-4-2-1-3-13(14)19-8-16(21)23/h1-8H,9H2,(H,20,22). The molecule has 1 N–H and O–H groups in total. The molecule has 3 aromatic rings. The Morgan fingerprint density at radius 1 is 1.17 bits per heavy atom. The van der Waals surface area contributed by atoms with Crippen LogP contribution in [0.4, 0.5) is 5.69 Å². The molecule has 0 fully saturated rings. The number of carbonyl (C=O) groups excluding carboxylic acids is 1. The van der Waals surface area contributed by atoms with Crippen LogP contribution in [0.3, 0.4) is 0 Å². The molecule has 116 valence electrons. The Balaban J connectivity index is 1.89. The molecule has 7 heteroatoms. The Morgan fingerprint density at radius 2 is 1.96 bits per heavy atom. The molecule has 5 nitrogen and oxygen atoms in total. The van der Waals surface area contributed by atoms with Crippen LogP contribution in [0.25, 0.3) is 11.0 Å². The highest BCUT2D eigenvalue weighted by molar-refractivity contribution is 9.11. The van der Waals surface area contributed by atoms with Crippen molar-refractivity contribution in [2.24, 2.45) is 0 Å². The number of carbonyl (C=O) groups is 1. The average Bonchev–Trinajstić information content (AvgIpc) is 2.53. The summed E-state index contributed by atoms with van der Waals surface area (Å²) >= 11 is 6.75. The van der Waals surface area contributed by atoms with Crippen LogP contribution < -0.4 is 10.9 Å². The third kappa shape index (κ3) is 3.51. The number of halogens is 2. The van der Waals surface area contributed by atoms with Crippen LogP contribution in [0, 0.1) is 0 Å². The quantitative estimate of drug-likeness (QED) is 0.682. The van der Waals surface area contributed by atoms with Gasteiger partial charge in [-0.2, -0.15) is 0 Å². The van der Waals surface area contributed by atoms with Gasteiger partial charge in [-0.25, -0.2) is 4.98 Å². The molecule has 3 rings (SSSR count). The number of rotatable bonds is 3. The van der Waals surface area contributed by atoms with Crippen LogP contribution >= 0.6 is 31.9 Å². The topological polar surface area (TPSA) is 64.0 Å².